The van der Waals surface area contributed by atoms with Gasteiger partial charge in [-0.15, -0.1) is 5.10 Å². The molecular weight excluding hydrogens is 348 g/mol. The Balaban J connectivity index is 1.45. The molecule has 1 fully saturated rings. The zero-order valence-electron chi connectivity index (χ0n) is 15.0. The van der Waals surface area contributed by atoms with E-state index >= 15 is 0 Å². The molecule has 1 aliphatic rings. The fourth-order valence-corrected chi connectivity index (χ4v) is 4.18. The van der Waals surface area contributed by atoms with E-state index in [0.717, 1.165) is 54.7 Å². The number of anilines is 2. The van der Waals surface area contributed by atoms with Crippen molar-refractivity contribution in [1.29, 1.82) is 0 Å². The van der Waals surface area contributed by atoms with Gasteiger partial charge in [-0.05, 0) is 38.3 Å². The Bertz CT molecular complexity index is 973. The molecule has 8 heteroatoms. The first-order chi connectivity index (χ1) is 12.6. The molecule has 0 aliphatic carbocycles. The van der Waals surface area contributed by atoms with Gasteiger partial charge in [0.2, 0.25) is 10.1 Å². The van der Waals surface area contributed by atoms with Crippen LogP contribution >= 0.6 is 11.3 Å². The highest BCUT2D eigenvalue weighted by Crippen LogP contribution is 2.25. The van der Waals surface area contributed by atoms with E-state index in [0.29, 0.717) is 11.0 Å². The highest BCUT2D eigenvalue weighted by Gasteiger charge is 2.22. The number of fused-ring (bicyclic) bond motifs is 1. The topological polar surface area (TPSA) is 75.4 Å². The molecule has 0 spiro atoms. The summed E-state index contributed by atoms with van der Waals surface area (Å²) >= 11 is 1.49. The number of hydrogen-bond acceptors (Lipinski definition) is 7. The third-order valence-corrected chi connectivity index (χ3v) is 5.62. The lowest BCUT2D eigenvalue weighted by atomic mass is 10.1. The first-order valence-corrected chi connectivity index (χ1v) is 9.79. The van der Waals surface area contributed by atoms with Crippen molar-refractivity contribution in [3.05, 3.63) is 46.0 Å². The monoisotopic (exact) mass is 370 g/mol. The van der Waals surface area contributed by atoms with E-state index in [-0.39, 0.29) is 5.56 Å². The molecule has 1 N–H and O–H groups in total. The van der Waals surface area contributed by atoms with Crippen molar-refractivity contribution in [2.75, 3.05) is 23.3 Å². The van der Waals surface area contributed by atoms with Gasteiger partial charge in [-0.2, -0.15) is 4.52 Å². The number of nitrogens with zero attached hydrogens (tertiary/aromatic N) is 5. The summed E-state index contributed by atoms with van der Waals surface area (Å²) in [6.45, 7) is 5.80. The fourth-order valence-electron chi connectivity index (χ4n) is 3.20. The molecule has 0 radical (unpaired) electrons. The molecule has 1 aliphatic heterocycles. The number of aromatic nitrogens is 4. The van der Waals surface area contributed by atoms with Crippen LogP contribution in [0, 0.1) is 6.92 Å². The summed E-state index contributed by atoms with van der Waals surface area (Å²) in [7, 11) is 0. The molecule has 0 saturated carbocycles. The summed E-state index contributed by atoms with van der Waals surface area (Å²) < 4.78 is 1.42. The maximum atomic E-state index is 12.2. The van der Waals surface area contributed by atoms with Crippen molar-refractivity contribution in [3.8, 4) is 0 Å². The van der Waals surface area contributed by atoms with Crippen molar-refractivity contribution in [1.82, 2.24) is 19.6 Å². The number of aryl methyl sites for hydroxylation is 2. The average Bonchev–Trinajstić information content (AvgIpc) is 3.07. The molecule has 1 saturated heterocycles. The Morgan fingerprint density at radius 1 is 1.27 bits per heavy atom. The van der Waals surface area contributed by atoms with E-state index in [1.54, 1.807) is 6.07 Å². The van der Waals surface area contributed by atoms with Crippen LogP contribution < -0.4 is 15.8 Å². The second kappa shape index (κ2) is 7.03. The van der Waals surface area contributed by atoms with Gasteiger partial charge in [-0.1, -0.05) is 24.3 Å². The van der Waals surface area contributed by atoms with Crippen LogP contribution in [0.15, 0.2) is 29.1 Å². The molecule has 136 valence electrons. The minimum atomic E-state index is -0.101. The first-order valence-electron chi connectivity index (χ1n) is 8.97. The molecule has 4 rings (SSSR count). The van der Waals surface area contributed by atoms with Gasteiger partial charge >= 0.3 is 0 Å². The molecule has 26 heavy (non-hydrogen) atoms. The highest BCUT2D eigenvalue weighted by atomic mass is 32.1. The van der Waals surface area contributed by atoms with Crippen molar-refractivity contribution in [2.45, 2.75) is 39.2 Å². The number of hydrogen-bond donors (Lipinski definition) is 1. The van der Waals surface area contributed by atoms with E-state index in [9.17, 15) is 4.79 Å². The standard InChI is InChI=1S/C18H22N6OS/c1-3-13-11-16(25)24-17(21-13)26-18(22-24)23-9-7-14(8-10-23)20-15-6-4-5-12(2)19-15/h4-6,11,14H,3,7-10H2,1-2H3,(H,19,20). The number of nitrogens with one attached hydrogen (secondary N) is 1. The van der Waals surface area contributed by atoms with Crippen molar-refractivity contribution in [2.24, 2.45) is 0 Å². The Morgan fingerprint density at radius 3 is 2.81 bits per heavy atom. The van der Waals surface area contributed by atoms with Crippen molar-refractivity contribution < 1.29 is 0 Å². The van der Waals surface area contributed by atoms with Crippen LogP contribution in [0.5, 0.6) is 0 Å². The zero-order valence-corrected chi connectivity index (χ0v) is 15.8. The molecule has 0 atom stereocenters. The first kappa shape index (κ1) is 17.0. The van der Waals surface area contributed by atoms with Crippen molar-refractivity contribution >= 4 is 27.2 Å². The maximum absolute atomic E-state index is 12.2. The third kappa shape index (κ3) is 3.41. The fraction of sp³-hybridized carbons (Fsp3) is 0.444. The lowest BCUT2D eigenvalue weighted by Gasteiger charge is -2.32. The lowest BCUT2D eigenvalue weighted by Crippen LogP contribution is -2.39. The Morgan fingerprint density at radius 2 is 2.08 bits per heavy atom. The number of pyridine rings is 1. The summed E-state index contributed by atoms with van der Waals surface area (Å²) in [5.74, 6) is 0.936. The van der Waals surface area contributed by atoms with Crippen LogP contribution in [-0.2, 0) is 6.42 Å². The van der Waals surface area contributed by atoms with Crippen LogP contribution in [-0.4, -0.2) is 38.7 Å². The largest absolute Gasteiger partial charge is 0.367 e. The molecule has 3 aromatic heterocycles. The highest BCUT2D eigenvalue weighted by molar-refractivity contribution is 7.20. The predicted octanol–water partition coefficient (Wildman–Crippen LogP) is 2.50. The summed E-state index contributed by atoms with van der Waals surface area (Å²) in [6, 6.07) is 8.01. The summed E-state index contributed by atoms with van der Waals surface area (Å²) in [5, 5.41) is 8.88. The second-order valence-corrected chi connectivity index (χ2v) is 7.52. The van der Waals surface area contributed by atoms with Crippen LogP contribution in [0.3, 0.4) is 0 Å². The van der Waals surface area contributed by atoms with Crippen LogP contribution in [0.1, 0.15) is 31.2 Å². The minimum Gasteiger partial charge on any atom is -0.367 e. The van der Waals surface area contributed by atoms with E-state index in [4.69, 9.17) is 0 Å². The minimum absolute atomic E-state index is 0.101. The van der Waals surface area contributed by atoms with E-state index in [1.807, 2.05) is 32.0 Å². The van der Waals surface area contributed by atoms with E-state index in [2.05, 4.69) is 25.3 Å². The van der Waals surface area contributed by atoms with Crippen molar-refractivity contribution in [3.63, 3.8) is 0 Å². The van der Waals surface area contributed by atoms with Gasteiger partial charge in [-0.25, -0.2) is 9.97 Å². The normalized spacial score (nSPS) is 15.5. The van der Waals surface area contributed by atoms with Crippen LogP contribution in [0.4, 0.5) is 10.9 Å². The Kier molecular flexibility index (Phi) is 4.58. The molecular formula is C18H22N6OS. The average molecular weight is 370 g/mol. The summed E-state index contributed by atoms with van der Waals surface area (Å²) in [4.78, 5) is 24.1. The van der Waals surface area contributed by atoms with Crippen LogP contribution in [0.2, 0.25) is 0 Å². The molecule has 0 aromatic carbocycles. The third-order valence-electron chi connectivity index (χ3n) is 4.66. The van der Waals surface area contributed by atoms with E-state index < -0.39 is 0 Å². The zero-order chi connectivity index (χ0) is 18.1. The molecule has 0 amide bonds. The second-order valence-electron chi connectivity index (χ2n) is 6.59. The van der Waals surface area contributed by atoms with E-state index in [1.165, 1.54) is 15.9 Å². The molecule has 0 unspecified atom stereocenters. The molecule has 4 heterocycles. The lowest BCUT2D eigenvalue weighted by molar-refractivity contribution is 0.523. The Hall–Kier alpha value is -2.48. The van der Waals surface area contributed by atoms with Crippen LogP contribution in [0.25, 0.3) is 4.96 Å². The molecule has 7 nitrogen and oxygen atoms in total. The van der Waals surface area contributed by atoms with Gasteiger partial charge in [0.15, 0.2) is 0 Å². The number of rotatable bonds is 4. The van der Waals surface area contributed by atoms with Gasteiger partial charge < -0.3 is 10.2 Å². The SMILES string of the molecule is CCc1cc(=O)n2nc(N3CCC(Nc4cccc(C)n4)CC3)sc2n1. The van der Waals surface area contributed by atoms with Gasteiger partial charge in [0.1, 0.15) is 5.82 Å². The Labute approximate surface area is 155 Å². The van der Waals surface area contributed by atoms with Gasteiger partial charge in [0.25, 0.3) is 5.56 Å². The van der Waals surface area contributed by atoms with Gasteiger partial charge in [0, 0.05) is 36.6 Å². The predicted molar refractivity (Wildman–Crippen MR) is 104 cm³/mol. The van der Waals surface area contributed by atoms with Gasteiger partial charge in [-0.3, -0.25) is 4.79 Å². The maximum Gasteiger partial charge on any atom is 0.275 e. The summed E-state index contributed by atoms with van der Waals surface area (Å²) in [6.07, 6.45) is 2.77. The molecule has 3 aromatic rings. The number of piperidine rings is 1. The summed E-state index contributed by atoms with van der Waals surface area (Å²) in [5.41, 5.74) is 1.74. The quantitative estimate of drug-likeness (QED) is 0.760. The van der Waals surface area contributed by atoms with Gasteiger partial charge in [0.05, 0.1) is 0 Å². The smallest absolute Gasteiger partial charge is 0.275 e. The molecule has 0 bridgehead atoms.